The van der Waals surface area contributed by atoms with E-state index in [1.54, 1.807) is 6.20 Å². The van der Waals surface area contributed by atoms with Crippen LogP contribution >= 0.6 is 15.9 Å². The Kier molecular flexibility index (Phi) is 4.69. The first-order valence-electron chi connectivity index (χ1n) is 5.31. The van der Waals surface area contributed by atoms with Gasteiger partial charge in [-0.25, -0.2) is 13.1 Å². The summed E-state index contributed by atoms with van der Waals surface area (Å²) in [4.78, 5) is 4.02. The molecule has 1 aromatic heterocycles. The van der Waals surface area contributed by atoms with Gasteiger partial charge in [0.1, 0.15) is 4.90 Å². The van der Waals surface area contributed by atoms with Gasteiger partial charge in [-0.05, 0) is 33.8 Å². The number of hydrogen-bond donors (Lipinski definition) is 1. The Morgan fingerprint density at radius 1 is 1.35 bits per heavy atom. The fourth-order valence-corrected chi connectivity index (χ4v) is 2.72. The molecule has 0 aliphatic rings. The number of rotatable bonds is 4. The summed E-state index contributed by atoms with van der Waals surface area (Å²) >= 11 is 3.20. The molecule has 0 aromatic carbocycles. The van der Waals surface area contributed by atoms with Gasteiger partial charge in [-0.15, -0.1) is 0 Å². The van der Waals surface area contributed by atoms with Crippen LogP contribution in [0.5, 0.6) is 0 Å². The maximum atomic E-state index is 11.9. The third-order valence-corrected chi connectivity index (χ3v) is 4.02. The number of hydrogen-bond acceptors (Lipinski definition) is 3. The fraction of sp³-hybridized carbons (Fsp3) is 0.545. The molecule has 0 aliphatic carbocycles. The lowest BCUT2D eigenvalue weighted by Gasteiger charge is -2.18. The van der Waals surface area contributed by atoms with Gasteiger partial charge in [0.15, 0.2) is 0 Å². The first-order chi connectivity index (χ1) is 7.71. The lowest BCUT2D eigenvalue weighted by atomic mass is 9.93. The molecule has 1 N–H and O–H groups in total. The van der Waals surface area contributed by atoms with Crippen molar-refractivity contribution in [2.45, 2.75) is 32.1 Å². The van der Waals surface area contributed by atoms with Crippen LogP contribution in [0.15, 0.2) is 27.8 Å². The smallest absolute Gasteiger partial charge is 0.242 e. The van der Waals surface area contributed by atoms with Crippen molar-refractivity contribution >= 4 is 26.0 Å². The van der Waals surface area contributed by atoms with E-state index in [1.165, 1.54) is 12.3 Å². The predicted octanol–water partition coefficient (Wildman–Crippen LogP) is 2.56. The topological polar surface area (TPSA) is 59.1 Å². The molecule has 0 unspecified atom stereocenters. The van der Waals surface area contributed by atoms with Crippen molar-refractivity contribution in [2.24, 2.45) is 5.41 Å². The predicted molar refractivity (Wildman–Crippen MR) is 71.2 cm³/mol. The minimum absolute atomic E-state index is 0.109. The molecule has 1 aromatic rings. The molecule has 0 saturated heterocycles. The average molecular weight is 321 g/mol. The number of aromatic nitrogens is 1. The fourth-order valence-electron chi connectivity index (χ4n) is 1.18. The summed E-state index contributed by atoms with van der Waals surface area (Å²) in [5, 5.41) is 0. The molecule has 6 heteroatoms. The third kappa shape index (κ3) is 5.14. The van der Waals surface area contributed by atoms with Gasteiger partial charge in [0.2, 0.25) is 10.0 Å². The van der Waals surface area contributed by atoms with Gasteiger partial charge >= 0.3 is 0 Å². The lowest BCUT2D eigenvalue weighted by Crippen LogP contribution is -2.27. The first-order valence-corrected chi connectivity index (χ1v) is 7.58. The highest BCUT2D eigenvalue weighted by Gasteiger charge is 2.16. The Morgan fingerprint density at radius 3 is 2.53 bits per heavy atom. The number of nitrogens with one attached hydrogen (secondary N) is 1. The highest BCUT2D eigenvalue weighted by molar-refractivity contribution is 9.10. The van der Waals surface area contributed by atoms with Crippen molar-refractivity contribution in [3.8, 4) is 0 Å². The van der Waals surface area contributed by atoms with Crippen LogP contribution < -0.4 is 4.72 Å². The minimum atomic E-state index is -3.45. The maximum absolute atomic E-state index is 11.9. The highest BCUT2D eigenvalue weighted by atomic mass is 79.9. The van der Waals surface area contributed by atoms with Crippen molar-refractivity contribution in [2.75, 3.05) is 6.54 Å². The summed E-state index contributed by atoms with van der Waals surface area (Å²) in [6.07, 6.45) is 3.67. The van der Waals surface area contributed by atoms with Crippen LogP contribution in [0.4, 0.5) is 0 Å². The Hall–Kier alpha value is -0.460. The maximum Gasteiger partial charge on any atom is 0.242 e. The second-order valence-electron chi connectivity index (χ2n) is 5.05. The summed E-state index contributed by atoms with van der Waals surface area (Å²) in [5.74, 6) is 0. The van der Waals surface area contributed by atoms with E-state index in [0.717, 1.165) is 6.42 Å². The summed E-state index contributed by atoms with van der Waals surface area (Å²) in [6, 6.07) is 1.53. The highest BCUT2D eigenvalue weighted by Crippen LogP contribution is 2.18. The van der Waals surface area contributed by atoms with Gasteiger partial charge in [0, 0.05) is 23.4 Å². The quantitative estimate of drug-likeness (QED) is 0.927. The van der Waals surface area contributed by atoms with Crippen LogP contribution in [0.25, 0.3) is 0 Å². The standard InChI is InChI=1S/C11H17BrN2O2S/c1-11(2,3)4-5-14-17(15,16)10-6-9(12)7-13-8-10/h6-8,14H,4-5H2,1-3H3. The summed E-state index contributed by atoms with van der Waals surface area (Å²) in [6.45, 7) is 6.64. The van der Waals surface area contributed by atoms with E-state index >= 15 is 0 Å². The van der Waals surface area contributed by atoms with E-state index in [4.69, 9.17) is 0 Å². The third-order valence-electron chi connectivity index (χ3n) is 2.16. The Bertz CT molecular complexity index is 480. The van der Waals surface area contributed by atoms with Crippen LogP contribution in [0.2, 0.25) is 0 Å². The van der Waals surface area contributed by atoms with E-state index < -0.39 is 10.0 Å². The molecule has 96 valence electrons. The summed E-state index contributed by atoms with van der Waals surface area (Å²) < 4.78 is 27.0. The van der Waals surface area contributed by atoms with E-state index in [9.17, 15) is 8.42 Å². The van der Waals surface area contributed by atoms with E-state index in [1.807, 2.05) is 0 Å². The molecule has 4 nitrogen and oxygen atoms in total. The van der Waals surface area contributed by atoms with Gasteiger partial charge in [-0.2, -0.15) is 0 Å². The molecular formula is C11H17BrN2O2S. The Balaban J connectivity index is 2.70. The molecule has 0 spiro atoms. The van der Waals surface area contributed by atoms with Crippen LogP contribution in [0.1, 0.15) is 27.2 Å². The van der Waals surface area contributed by atoms with E-state index in [-0.39, 0.29) is 10.3 Å². The molecule has 0 aliphatic heterocycles. The van der Waals surface area contributed by atoms with E-state index in [0.29, 0.717) is 11.0 Å². The number of pyridine rings is 1. The monoisotopic (exact) mass is 320 g/mol. The van der Waals surface area contributed by atoms with Gasteiger partial charge < -0.3 is 0 Å². The molecule has 0 atom stereocenters. The zero-order valence-corrected chi connectivity index (χ0v) is 12.6. The summed E-state index contributed by atoms with van der Waals surface area (Å²) in [7, 11) is -3.45. The number of nitrogens with zero attached hydrogens (tertiary/aromatic N) is 1. The minimum Gasteiger partial charge on any atom is -0.262 e. The largest absolute Gasteiger partial charge is 0.262 e. The molecule has 1 heterocycles. The second kappa shape index (κ2) is 5.46. The van der Waals surface area contributed by atoms with E-state index in [2.05, 4.69) is 46.4 Å². The molecule has 0 amide bonds. The van der Waals surface area contributed by atoms with Crippen LogP contribution in [0, 0.1) is 5.41 Å². The average Bonchev–Trinajstić information content (AvgIpc) is 2.15. The van der Waals surface area contributed by atoms with Crippen molar-refractivity contribution in [1.29, 1.82) is 0 Å². The zero-order valence-electron chi connectivity index (χ0n) is 10.2. The van der Waals surface area contributed by atoms with Crippen LogP contribution in [-0.2, 0) is 10.0 Å². The van der Waals surface area contributed by atoms with Crippen LogP contribution in [0.3, 0.4) is 0 Å². The molecular weight excluding hydrogens is 304 g/mol. The van der Waals surface area contributed by atoms with Crippen molar-refractivity contribution < 1.29 is 8.42 Å². The molecule has 0 bridgehead atoms. The van der Waals surface area contributed by atoms with Crippen molar-refractivity contribution in [1.82, 2.24) is 9.71 Å². The normalized spacial score (nSPS) is 12.7. The SMILES string of the molecule is CC(C)(C)CCNS(=O)(=O)c1cncc(Br)c1. The number of halogens is 1. The molecule has 0 saturated carbocycles. The second-order valence-corrected chi connectivity index (χ2v) is 7.73. The zero-order chi connectivity index (χ0) is 13.1. The lowest BCUT2D eigenvalue weighted by molar-refractivity contribution is 0.378. The molecule has 0 fully saturated rings. The van der Waals surface area contributed by atoms with Gasteiger partial charge in [-0.3, -0.25) is 4.98 Å². The Morgan fingerprint density at radius 2 is 2.00 bits per heavy atom. The van der Waals surface area contributed by atoms with Crippen LogP contribution in [-0.4, -0.2) is 19.9 Å². The molecule has 17 heavy (non-hydrogen) atoms. The van der Waals surface area contributed by atoms with Crippen molar-refractivity contribution in [3.05, 3.63) is 22.9 Å². The molecule has 1 rings (SSSR count). The Labute approximate surface area is 111 Å². The van der Waals surface area contributed by atoms with Gasteiger partial charge in [0.25, 0.3) is 0 Å². The molecule has 0 radical (unpaired) electrons. The number of sulfonamides is 1. The van der Waals surface area contributed by atoms with Gasteiger partial charge in [-0.1, -0.05) is 20.8 Å². The van der Waals surface area contributed by atoms with Crippen molar-refractivity contribution in [3.63, 3.8) is 0 Å². The van der Waals surface area contributed by atoms with Gasteiger partial charge in [0.05, 0.1) is 0 Å². The summed E-state index contributed by atoms with van der Waals surface area (Å²) in [5.41, 5.74) is 0.109. The first kappa shape index (κ1) is 14.6.